The summed E-state index contributed by atoms with van der Waals surface area (Å²) < 4.78 is 29.7. The van der Waals surface area contributed by atoms with Crippen molar-refractivity contribution in [3.8, 4) is 5.75 Å². The number of piperazine rings is 1. The summed E-state index contributed by atoms with van der Waals surface area (Å²) in [7, 11) is -2.04. The van der Waals surface area contributed by atoms with Crippen LogP contribution in [-0.2, 0) is 38.7 Å². The minimum absolute atomic E-state index is 0.0316. The van der Waals surface area contributed by atoms with Gasteiger partial charge in [-0.05, 0) is 66.3 Å². The molecule has 1 fully saturated rings. The summed E-state index contributed by atoms with van der Waals surface area (Å²) in [5, 5.41) is 3.04. The Balaban J connectivity index is 1.57. The molecule has 188 valence electrons. The van der Waals surface area contributed by atoms with E-state index in [9.17, 15) is 18.0 Å². The quantitative estimate of drug-likeness (QED) is 0.604. The van der Waals surface area contributed by atoms with Crippen molar-refractivity contribution in [2.45, 2.75) is 56.5 Å². The lowest BCUT2D eigenvalue weighted by atomic mass is 9.90. The van der Waals surface area contributed by atoms with Gasteiger partial charge in [-0.1, -0.05) is 44.2 Å². The maximum atomic E-state index is 13.7. The van der Waals surface area contributed by atoms with E-state index in [1.807, 2.05) is 32.0 Å². The van der Waals surface area contributed by atoms with Crippen LogP contribution in [0.2, 0.25) is 0 Å². The molecule has 7 nitrogen and oxygen atoms in total. The van der Waals surface area contributed by atoms with E-state index in [2.05, 4.69) is 17.4 Å². The van der Waals surface area contributed by atoms with E-state index in [4.69, 9.17) is 4.74 Å². The number of methoxy groups -OCH3 is 1. The summed E-state index contributed by atoms with van der Waals surface area (Å²) in [5.41, 5.74) is 3.25. The number of nitrogens with one attached hydrogen (secondary N) is 1. The minimum atomic E-state index is -3.47. The summed E-state index contributed by atoms with van der Waals surface area (Å²) in [6.07, 6.45) is 3.71. The molecule has 8 heteroatoms. The molecule has 0 unspecified atom stereocenters. The number of amides is 2. The van der Waals surface area contributed by atoms with Gasteiger partial charge in [-0.25, -0.2) is 8.42 Å². The van der Waals surface area contributed by atoms with Crippen molar-refractivity contribution in [3.05, 3.63) is 59.2 Å². The highest BCUT2D eigenvalue weighted by atomic mass is 32.2. The Hall–Kier alpha value is -2.87. The number of carbonyl (C=O) groups excluding carboxylic acids is 2. The number of nitrogens with zero attached hydrogens (tertiary/aromatic N) is 1. The van der Waals surface area contributed by atoms with Gasteiger partial charge < -0.3 is 15.0 Å². The summed E-state index contributed by atoms with van der Waals surface area (Å²) in [4.78, 5) is 28.8. The van der Waals surface area contributed by atoms with Crippen LogP contribution < -0.4 is 10.1 Å². The highest BCUT2D eigenvalue weighted by molar-refractivity contribution is 7.90. The van der Waals surface area contributed by atoms with Gasteiger partial charge in [0.05, 0.1) is 7.11 Å². The average Bonchev–Trinajstić information content (AvgIpc) is 3.24. The fourth-order valence-corrected chi connectivity index (χ4v) is 6.18. The third-order valence-electron chi connectivity index (χ3n) is 7.04. The molecule has 0 spiro atoms. The number of carbonyl (C=O) groups is 2. The van der Waals surface area contributed by atoms with Crippen LogP contribution in [0.4, 0.5) is 0 Å². The zero-order valence-corrected chi connectivity index (χ0v) is 21.6. The first-order chi connectivity index (χ1) is 16.6. The van der Waals surface area contributed by atoms with Gasteiger partial charge in [0.2, 0.25) is 11.8 Å². The standard InChI is InChI=1S/C27H34N2O5S/c1-17(2)13-22-26(30)28-25(21-15-19-7-5-6-8-20(19)16-21)27(31)29(22)12-11-18-9-10-23(34-3)24(14-18)35(4,32)33/h5-10,14,17,21-22,25H,11-13,15-16H2,1-4H3,(H,28,30)/t22-,25-/m1/s1. The Bertz CT molecular complexity index is 1200. The first-order valence-corrected chi connectivity index (χ1v) is 14.0. The molecule has 0 saturated carbocycles. The summed E-state index contributed by atoms with van der Waals surface area (Å²) >= 11 is 0. The number of benzene rings is 2. The minimum Gasteiger partial charge on any atom is -0.495 e. The SMILES string of the molecule is COc1ccc(CCN2C(=O)[C@@H](C3Cc4ccccc4C3)NC(=O)[C@H]2CC(C)C)cc1S(C)(=O)=O. The smallest absolute Gasteiger partial charge is 0.246 e. The zero-order valence-electron chi connectivity index (χ0n) is 20.8. The Morgan fingerprint density at radius 1 is 1.09 bits per heavy atom. The molecule has 4 rings (SSSR count). The summed E-state index contributed by atoms with van der Waals surface area (Å²) in [6, 6.07) is 12.2. The van der Waals surface area contributed by atoms with Gasteiger partial charge in [0.1, 0.15) is 22.7 Å². The van der Waals surface area contributed by atoms with Gasteiger partial charge in [0.15, 0.2) is 9.84 Å². The summed E-state index contributed by atoms with van der Waals surface area (Å²) in [6.45, 7) is 4.42. The van der Waals surface area contributed by atoms with Crippen LogP contribution in [0.1, 0.15) is 37.0 Å². The van der Waals surface area contributed by atoms with Crippen LogP contribution >= 0.6 is 0 Å². The maximum absolute atomic E-state index is 13.7. The van der Waals surface area contributed by atoms with Crippen molar-refractivity contribution in [3.63, 3.8) is 0 Å². The van der Waals surface area contributed by atoms with E-state index < -0.39 is 21.9 Å². The van der Waals surface area contributed by atoms with Crippen LogP contribution in [0.3, 0.4) is 0 Å². The second kappa shape index (κ2) is 10.0. The number of ether oxygens (including phenoxy) is 1. The van der Waals surface area contributed by atoms with Crippen LogP contribution in [0.15, 0.2) is 47.4 Å². The Morgan fingerprint density at radius 3 is 2.31 bits per heavy atom. The van der Waals surface area contributed by atoms with Gasteiger partial charge in [-0.3, -0.25) is 9.59 Å². The van der Waals surface area contributed by atoms with E-state index in [1.54, 1.807) is 17.0 Å². The number of fused-ring (bicyclic) bond motifs is 1. The second-order valence-corrected chi connectivity index (χ2v) is 12.1. The fourth-order valence-electron chi connectivity index (χ4n) is 5.30. The number of hydrogen-bond acceptors (Lipinski definition) is 5. The van der Waals surface area contributed by atoms with E-state index >= 15 is 0 Å². The third-order valence-corrected chi connectivity index (χ3v) is 8.16. The topological polar surface area (TPSA) is 92.8 Å². The average molecular weight is 499 g/mol. The molecule has 1 heterocycles. The van der Waals surface area contributed by atoms with Gasteiger partial charge in [0, 0.05) is 12.8 Å². The summed E-state index contributed by atoms with van der Waals surface area (Å²) in [5.74, 6) is 0.411. The number of rotatable bonds is 8. The molecule has 2 aliphatic rings. The number of hydrogen-bond donors (Lipinski definition) is 1. The van der Waals surface area contributed by atoms with Crippen LogP contribution in [0.5, 0.6) is 5.75 Å². The van der Waals surface area contributed by atoms with E-state index in [0.717, 1.165) is 24.7 Å². The lowest BCUT2D eigenvalue weighted by Gasteiger charge is -2.41. The molecular weight excluding hydrogens is 464 g/mol. The molecule has 35 heavy (non-hydrogen) atoms. The molecular formula is C27H34N2O5S. The van der Waals surface area contributed by atoms with E-state index in [0.29, 0.717) is 25.1 Å². The monoisotopic (exact) mass is 498 g/mol. The van der Waals surface area contributed by atoms with Gasteiger partial charge in [-0.15, -0.1) is 0 Å². The molecule has 0 aromatic heterocycles. The molecule has 2 aromatic carbocycles. The molecule has 1 aliphatic heterocycles. The normalized spacial score (nSPS) is 20.8. The highest BCUT2D eigenvalue weighted by Gasteiger charge is 2.44. The Kier molecular flexibility index (Phi) is 7.22. The predicted octanol–water partition coefficient (Wildman–Crippen LogP) is 2.80. The second-order valence-electron chi connectivity index (χ2n) is 10.1. The molecule has 1 N–H and O–H groups in total. The molecule has 2 aromatic rings. The van der Waals surface area contributed by atoms with Crippen molar-refractivity contribution >= 4 is 21.7 Å². The van der Waals surface area contributed by atoms with Crippen LogP contribution in [-0.4, -0.2) is 57.1 Å². The molecule has 0 bridgehead atoms. The van der Waals surface area contributed by atoms with Gasteiger partial charge in [0.25, 0.3) is 0 Å². The largest absolute Gasteiger partial charge is 0.495 e. The van der Waals surface area contributed by atoms with Crippen molar-refractivity contribution in [1.29, 1.82) is 0 Å². The Morgan fingerprint density at radius 2 is 1.74 bits per heavy atom. The Labute approximate surface area is 207 Å². The molecule has 1 saturated heterocycles. The van der Waals surface area contributed by atoms with Gasteiger partial charge in [-0.2, -0.15) is 0 Å². The number of sulfone groups is 1. The zero-order chi connectivity index (χ0) is 25.3. The van der Waals surface area contributed by atoms with Crippen molar-refractivity contribution in [1.82, 2.24) is 10.2 Å². The molecule has 0 radical (unpaired) electrons. The third kappa shape index (κ3) is 5.37. The van der Waals surface area contributed by atoms with Crippen molar-refractivity contribution in [2.75, 3.05) is 19.9 Å². The van der Waals surface area contributed by atoms with Gasteiger partial charge >= 0.3 is 0 Å². The fraction of sp³-hybridized carbons (Fsp3) is 0.481. The van der Waals surface area contributed by atoms with Crippen molar-refractivity contribution in [2.24, 2.45) is 11.8 Å². The molecule has 1 aliphatic carbocycles. The van der Waals surface area contributed by atoms with Crippen LogP contribution in [0.25, 0.3) is 0 Å². The lowest BCUT2D eigenvalue weighted by molar-refractivity contribution is -0.151. The van der Waals surface area contributed by atoms with Crippen molar-refractivity contribution < 1.29 is 22.7 Å². The highest BCUT2D eigenvalue weighted by Crippen LogP contribution is 2.32. The molecule has 2 amide bonds. The predicted molar refractivity (Wildman–Crippen MR) is 134 cm³/mol. The first kappa shape index (κ1) is 25.2. The maximum Gasteiger partial charge on any atom is 0.246 e. The lowest BCUT2D eigenvalue weighted by Crippen LogP contribution is -2.65. The molecule has 2 atom stereocenters. The first-order valence-electron chi connectivity index (χ1n) is 12.1. The van der Waals surface area contributed by atoms with Crippen LogP contribution in [0, 0.1) is 11.8 Å². The van der Waals surface area contributed by atoms with E-state index in [1.165, 1.54) is 18.2 Å². The van der Waals surface area contributed by atoms with E-state index in [-0.39, 0.29) is 28.5 Å².